The molecular weight excluding hydrogens is 234 g/mol. The molecule has 0 fully saturated rings. The highest BCUT2D eigenvalue weighted by Crippen LogP contribution is 2.40. The molecule has 0 N–H and O–H groups in total. The standard InChI is InChI=1S/C13H13NO4/c1-15-11-6-8-9(7-12(11)16-2)13(17-3)18-10(8)4-5-14/h6-7H,4H2,1-3H3. The van der Waals surface area contributed by atoms with Crippen molar-refractivity contribution in [2.24, 2.45) is 0 Å². The molecule has 0 bridgehead atoms. The lowest BCUT2D eigenvalue weighted by Crippen LogP contribution is -1.90. The highest BCUT2D eigenvalue weighted by molar-refractivity contribution is 5.92. The van der Waals surface area contributed by atoms with Crippen molar-refractivity contribution in [1.82, 2.24) is 0 Å². The summed E-state index contributed by atoms with van der Waals surface area (Å²) in [6, 6.07) is 5.62. The minimum Gasteiger partial charge on any atom is -0.493 e. The van der Waals surface area contributed by atoms with Crippen molar-refractivity contribution in [2.75, 3.05) is 21.3 Å². The SMILES string of the molecule is COc1cc2c(CC#N)oc(OC)c2cc1OC. The quantitative estimate of drug-likeness (QED) is 0.830. The highest BCUT2D eigenvalue weighted by atomic mass is 16.6. The minimum absolute atomic E-state index is 0.176. The van der Waals surface area contributed by atoms with Crippen LogP contribution in [0, 0.1) is 11.3 Å². The van der Waals surface area contributed by atoms with Gasteiger partial charge >= 0.3 is 0 Å². The van der Waals surface area contributed by atoms with E-state index in [0.717, 1.165) is 10.8 Å². The zero-order valence-electron chi connectivity index (χ0n) is 10.4. The fraction of sp³-hybridized carbons (Fsp3) is 0.308. The molecule has 0 aliphatic carbocycles. The fourth-order valence-electron chi connectivity index (χ4n) is 1.86. The Morgan fingerprint density at radius 3 is 2.17 bits per heavy atom. The molecule has 0 spiro atoms. The summed E-state index contributed by atoms with van der Waals surface area (Å²) in [5.41, 5.74) is 0. The van der Waals surface area contributed by atoms with Gasteiger partial charge in [-0.25, -0.2) is 0 Å². The Labute approximate surface area is 104 Å². The van der Waals surface area contributed by atoms with E-state index in [2.05, 4.69) is 6.07 Å². The summed E-state index contributed by atoms with van der Waals surface area (Å²) in [6.45, 7) is 0. The molecule has 2 aromatic rings. The molecule has 94 valence electrons. The average molecular weight is 247 g/mol. The Bertz CT molecular complexity index is 609. The van der Waals surface area contributed by atoms with E-state index in [9.17, 15) is 0 Å². The summed E-state index contributed by atoms with van der Waals surface area (Å²) in [4.78, 5) is 0. The Kier molecular flexibility index (Phi) is 3.28. The molecule has 0 aliphatic rings. The number of furan rings is 1. The molecule has 0 saturated carbocycles. The van der Waals surface area contributed by atoms with Crippen LogP contribution in [-0.4, -0.2) is 21.3 Å². The largest absolute Gasteiger partial charge is 0.493 e. The molecule has 5 nitrogen and oxygen atoms in total. The molecule has 0 amide bonds. The van der Waals surface area contributed by atoms with E-state index < -0.39 is 0 Å². The number of fused-ring (bicyclic) bond motifs is 1. The molecule has 0 unspecified atom stereocenters. The summed E-state index contributed by atoms with van der Waals surface area (Å²) < 4.78 is 21.1. The number of hydrogen-bond acceptors (Lipinski definition) is 5. The second kappa shape index (κ2) is 4.88. The third-order valence-corrected chi connectivity index (χ3v) is 2.68. The number of nitriles is 1. The van der Waals surface area contributed by atoms with Gasteiger partial charge in [0.25, 0.3) is 5.95 Å². The van der Waals surface area contributed by atoms with Gasteiger partial charge in [0.15, 0.2) is 11.5 Å². The molecule has 0 aliphatic heterocycles. The van der Waals surface area contributed by atoms with Crippen LogP contribution in [0.1, 0.15) is 5.76 Å². The van der Waals surface area contributed by atoms with E-state index in [1.807, 2.05) is 0 Å². The van der Waals surface area contributed by atoms with Crippen LogP contribution in [0.2, 0.25) is 0 Å². The van der Waals surface area contributed by atoms with E-state index in [4.69, 9.17) is 23.9 Å². The highest BCUT2D eigenvalue weighted by Gasteiger charge is 2.17. The van der Waals surface area contributed by atoms with Gasteiger partial charge in [0, 0.05) is 5.39 Å². The maximum absolute atomic E-state index is 8.78. The number of benzene rings is 1. The third-order valence-electron chi connectivity index (χ3n) is 2.68. The zero-order chi connectivity index (χ0) is 13.1. The zero-order valence-corrected chi connectivity index (χ0v) is 10.4. The number of hydrogen-bond donors (Lipinski definition) is 0. The van der Waals surface area contributed by atoms with Gasteiger partial charge in [-0.1, -0.05) is 0 Å². The average Bonchev–Trinajstić information content (AvgIpc) is 2.75. The number of methoxy groups -OCH3 is 3. The minimum atomic E-state index is 0.176. The van der Waals surface area contributed by atoms with Gasteiger partial charge in [-0.15, -0.1) is 0 Å². The summed E-state index contributed by atoms with van der Waals surface area (Å²) >= 11 is 0. The second-order valence-electron chi connectivity index (χ2n) is 3.60. The van der Waals surface area contributed by atoms with Crippen LogP contribution in [0.25, 0.3) is 10.8 Å². The van der Waals surface area contributed by atoms with E-state index in [0.29, 0.717) is 23.2 Å². The first-order valence-electron chi connectivity index (χ1n) is 5.33. The molecule has 18 heavy (non-hydrogen) atoms. The van der Waals surface area contributed by atoms with Gasteiger partial charge in [0.1, 0.15) is 5.76 Å². The van der Waals surface area contributed by atoms with Gasteiger partial charge in [-0.05, 0) is 12.1 Å². The van der Waals surface area contributed by atoms with Crippen molar-refractivity contribution < 1.29 is 18.6 Å². The molecule has 1 aromatic heterocycles. The molecule has 5 heteroatoms. The van der Waals surface area contributed by atoms with Crippen LogP contribution in [0.3, 0.4) is 0 Å². The predicted molar refractivity (Wildman–Crippen MR) is 65.2 cm³/mol. The van der Waals surface area contributed by atoms with Crippen molar-refractivity contribution in [2.45, 2.75) is 6.42 Å². The normalized spacial score (nSPS) is 10.1. The van der Waals surface area contributed by atoms with E-state index in [1.165, 1.54) is 7.11 Å². The Morgan fingerprint density at radius 2 is 1.67 bits per heavy atom. The van der Waals surface area contributed by atoms with Crippen molar-refractivity contribution >= 4 is 10.8 Å². The van der Waals surface area contributed by atoms with Gasteiger partial charge in [-0.3, -0.25) is 0 Å². The van der Waals surface area contributed by atoms with E-state index >= 15 is 0 Å². The van der Waals surface area contributed by atoms with Crippen LogP contribution in [0.5, 0.6) is 17.4 Å². The van der Waals surface area contributed by atoms with Gasteiger partial charge in [-0.2, -0.15) is 5.26 Å². The van der Waals surface area contributed by atoms with E-state index in [-0.39, 0.29) is 6.42 Å². The van der Waals surface area contributed by atoms with Crippen LogP contribution in [-0.2, 0) is 6.42 Å². The molecule has 0 atom stereocenters. The van der Waals surface area contributed by atoms with Crippen molar-refractivity contribution in [3.8, 4) is 23.5 Å². The summed E-state index contributed by atoms with van der Waals surface area (Å²) in [5.74, 6) is 2.11. The van der Waals surface area contributed by atoms with Crippen molar-refractivity contribution in [3.63, 3.8) is 0 Å². The summed E-state index contributed by atoms with van der Waals surface area (Å²) in [7, 11) is 4.64. The monoisotopic (exact) mass is 247 g/mol. The topological polar surface area (TPSA) is 64.6 Å². The Morgan fingerprint density at radius 1 is 1.06 bits per heavy atom. The molecule has 1 aromatic carbocycles. The lowest BCUT2D eigenvalue weighted by molar-refractivity contribution is 0.301. The Hall–Kier alpha value is -2.35. The lowest BCUT2D eigenvalue weighted by atomic mass is 10.1. The molecule has 1 heterocycles. The van der Waals surface area contributed by atoms with Crippen LogP contribution in [0.4, 0.5) is 0 Å². The van der Waals surface area contributed by atoms with Gasteiger partial charge < -0.3 is 18.6 Å². The number of ether oxygens (including phenoxy) is 3. The van der Waals surface area contributed by atoms with Crippen LogP contribution in [0.15, 0.2) is 16.5 Å². The van der Waals surface area contributed by atoms with Gasteiger partial charge in [0.05, 0.1) is 39.2 Å². The lowest BCUT2D eigenvalue weighted by Gasteiger charge is -2.07. The molecular formula is C13H13NO4. The third kappa shape index (κ3) is 1.82. The summed E-state index contributed by atoms with van der Waals surface area (Å²) in [6.07, 6.45) is 0.176. The van der Waals surface area contributed by atoms with Crippen molar-refractivity contribution in [3.05, 3.63) is 17.9 Å². The summed E-state index contributed by atoms with van der Waals surface area (Å²) in [5, 5.41) is 10.3. The van der Waals surface area contributed by atoms with Crippen LogP contribution >= 0.6 is 0 Å². The maximum atomic E-state index is 8.78. The molecule has 0 radical (unpaired) electrons. The second-order valence-corrected chi connectivity index (χ2v) is 3.60. The number of nitrogens with zero attached hydrogens (tertiary/aromatic N) is 1. The van der Waals surface area contributed by atoms with Crippen LogP contribution < -0.4 is 14.2 Å². The first-order chi connectivity index (χ1) is 8.74. The number of rotatable bonds is 4. The first kappa shape index (κ1) is 12.1. The predicted octanol–water partition coefficient (Wildman–Crippen LogP) is 2.52. The van der Waals surface area contributed by atoms with Crippen molar-refractivity contribution in [1.29, 1.82) is 5.26 Å². The fourth-order valence-corrected chi connectivity index (χ4v) is 1.86. The first-order valence-corrected chi connectivity index (χ1v) is 5.33. The molecule has 0 saturated heterocycles. The van der Waals surface area contributed by atoms with Gasteiger partial charge in [0.2, 0.25) is 0 Å². The smallest absolute Gasteiger partial charge is 0.292 e. The van der Waals surface area contributed by atoms with E-state index in [1.54, 1.807) is 26.4 Å². The Balaban J connectivity index is 2.72. The maximum Gasteiger partial charge on any atom is 0.292 e. The molecule has 2 rings (SSSR count).